The van der Waals surface area contributed by atoms with Crippen molar-refractivity contribution in [1.29, 1.82) is 0 Å². The van der Waals surface area contributed by atoms with Crippen LogP contribution in [0.5, 0.6) is 0 Å². The van der Waals surface area contributed by atoms with Crippen molar-refractivity contribution in [2.45, 2.75) is 38.3 Å². The van der Waals surface area contributed by atoms with Gasteiger partial charge in [0.25, 0.3) is 0 Å². The maximum atomic E-state index is 11.6. The molecule has 0 saturated carbocycles. The molecule has 1 amide bonds. The number of hydrogen-bond donors (Lipinski definition) is 2. The molecule has 0 aliphatic carbocycles. The van der Waals surface area contributed by atoms with Crippen molar-refractivity contribution in [1.82, 2.24) is 5.32 Å². The van der Waals surface area contributed by atoms with Crippen molar-refractivity contribution in [2.75, 3.05) is 6.61 Å². The number of thiocarbonyl (C=S) groups is 1. The fraction of sp³-hybridized carbons (Fsp3) is 0.778. The summed E-state index contributed by atoms with van der Waals surface area (Å²) in [6.45, 7) is 2.43. The van der Waals surface area contributed by atoms with Gasteiger partial charge in [0.15, 0.2) is 0 Å². The molecule has 0 bridgehead atoms. The molecule has 5 heteroatoms. The zero-order chi connectivity index (χ0) is 10.6. The third-order valence-corrected chi connectivity index (χ3v) is 2.61. The van der Waals surface area contributed by atoms with E-state index in [1.54, 1.807) is 6.92 Å². The number of carbonyl (C=O) groups is 1. The van der Waals surface area contributed by atoms with Crippen LogP contribution in [0.25, 0.3) is 0 Å². The van der Waals surface area contributed by atoms with E-state index in [4.69, 9.17) is 22.7 Å². The second-order valence-electron chi connectivity index (χ2n) is 3.49. The van der Waals surface area contributed by atoms with Crippen LogP contribution in [0.1, 0.15) is 26.2 Å². The van der Waals surface area contributed by atoms with Crippen LogP contribution < -0.4 is 11.1 Å². The summed E-state index contributed by atoms with van der Waals surface area (Å²) in [6.07, 6.45) is 2.55. The predicted molar refractivity (Wildman–Crippen MR) is 58.0 cm³/mol. The minimum absolute atomic E-state index is 0.106. The van der Waals surface area contributed by atoms with E-state index in [1.807, 2.05) is 0 Å². The second-order valence-corrected chi connectivity index (χ2v) is 3.96. The van der Waals surface area contributed by atoms with Crippen LogP contribution in [0, 0.1) is 0 Å². The first-order valence-corrected chi connectivity index (χ1v) is 5.23. The molecule has 3 N–H and O–H groups in total. The molecular formula is C9H16N2O2S. The number of hydrogen-bond acceptors (Lipinski definition) is 3. The first-order chi connectivity index (χ1) is 6.61. The van der Waals surface area contributed by atoms with Gasteiger partial charge in [-0.15, -0.1) is 0 Å². The first-order valence-electron chi connectivity index (χ1n) is 4.82. The van der Waals surface area contributed by atoms with E-state index >= 15 is 0 Å². The molecule has 1 aliphatic rings. The average Bonchev–Trinajstić information content (AvgIpc) is 2.19. The summed E-state index contributed by atoms with van der Waals surface area (Å²) < 4.78 is 5.32. The third-order valence-electron chi connectivity index (χ3n) is 2.26. The highest BCUT2D eigenvalue weighted by Gasteiger charge is 2.23. The largest absolute Gasteiger partial charge is 0.392 e. The Balaban J connectivity index is 2.36. The van der Waals surface area contributed by atoms with Gasteiger partial charge in [-0.2, -0.15) is 0 Å². The van der Waals surface area contributed by atoms with Crippen LogP contribution in [0.2, 0.25) is 0 Å². The molecule has 80 valence electrons. The maximum absolute atomic E-state index is 11.6. The second kappa shape index (κ2) is 5.26. The lowest BCUT2D eigenvalue weighted by Crippen LogP contribution is -2.47. The molecule has 0 spiro atoms. The average molecular weight is 216 g/mol. The van der Waals surface area contributed by atoms with Gasteiger partial charge in [0.2, 0.25) is 5.91 Å². The molecule has 0 aromatic carbocycles. The van der Waals surface area contributed by atoms with E-state index in [9.17, 15) is 4.79 Å². The van der Waals surface area contributed by atoms with Gasteiger partial charge in [0.1, 0.15) is 6.10 Å². The minimum Gasteiger partial charge on any atom is -0.392 e. The van der Waals surface area contributed by atoms with E-state index in [2.05, 4.69) is 5.32 Å². The van der Waals surface area contributed by atoms with Crippen molar-refractivity contribution in [3.05, 3.63) is 0 Å². The monoisotopic (exact) mass is 216 g/mol. The molecule has 0 aromatic heterocycles. The van der Waals surface area contributed by atoms with E-state index in [0.717, 1.165) is 19.3 Å². The summed E-state index contributed by atoms with van der Waals surface area (Å²) >= 11 is 4.76. The quantitative estimate of drug-likeness (QED) is 0.668. The molecule has 0 aromatic rings. The maximum Gasteiger partial charge on any atom is 0.249 e. The normalized spacial score (nSPS) is 23.9. The summed E-state index contributed by atoms with van der Waals surface area (Å²) in [4.78, 5) is 11.9. The van der Waals surface area contributed by atoms with Crippen LogP contribution in [0.4, 0.5) is 0 Å². The van der Waals surface area contributed by atoms with Crippen molar-refractivity contribution in [3.8, 4) is 0 Å². The molecule has 14 heavy (non-hydrogen) atoms. The van der Waals surface area contributed by atoms with Gasteiger partial charge in [-0.25, -0.2) is 0 Å². The Morgan fingerprint density at radius 1 is 1.64 bits per heavy atom. The van der Waals surface area contributed by atoms with E-state index in [0.29, 0.717) is 11.6 Å². The van der Waals surface area contributed by atoms with Crippen molar-refractivity contribution in [2.24, 2.45) is 5.73 Å². The smallest absolute Gasteiger partial charge is 0.249 e. The molecule has 1 rings (SSSR count). The Morgan fingerprint density at radius 2 is 2.36 bits per heavy atom. The predicted octanol–water partition coefficient (Wildman–Crippen LogP) is 0.346. The minimum atomic E-state index is -0.319. The Kier molecular flexibility index (Phi) is 4.28. The first kappa shape index (κ1) is 11.4. The van der Waals surface area contributed by atoms with Crippen LogP contribution in [-0.4, -0.2) is 29.6 Å². The van der Waals surface area contributed by atoms with E-state index in [1.165, 1.54) is 0 Å². The van der Waals surface area contributed by atoms with Gasteiger partial charge in [-0.1, -0.05) is 12.2 Å². The number of ether oxygens (including phenoxy) is 1. The third kappa shape index (κ3) is 3.23. The van der Waals surface area contributed by atoms with Crippen molar-refractivity contribution < 1.29 is 9.53 Å². The SMILES string of the molecule is CC(NC(=O)C1CCCCO1)C(N)=S. The Hall–Kier alpha value is -0.680. The van der Waals surface area contributed by atoms with E-state index in [-0.39, 0.29) is 18.1 Å². The molecule has 0 radical (unpaired) electrons. The number of rotatable bonds is 3. The molecule has 4 nitrogen and oxygen atoms in total. The van der Waals surface area contributed by atoms with Crippen LogP contribution in [0.3, 0.4) is 0 Å². The zero-order valence-corrected chi connectivity index (χ0v) is 9.10. The molecule has 1 heterocycles. The number of carbonyl (C=O) groups excluding carboxylic acids is 1. The van der Waals surface area contributed by atoms with Crippen LogP contribution >= 0.6 is 12.2 Å². The Morgan fingerprint density at radius 3 is 2.86 bits per heavy atom. The lowest BCUT2D eigenvalue weighted by molar-refractivity contribution is -0.135. The van der Waals surface area contributed by atoms with Crippen molar-refractivity contribution >= 4 is 23.1 Å². The van der Waals surface area contributed by atoms with Crippen molar-refractivity contribution in [3.63, 3.8) is 0 Å². The Labute approximate surface area is 89.2 Å². The van der Waals surface area contributed by atoms with Gasteiger partial charge in [-0.05, 0) is 26.2 Å². The molecule has 2 unspecified atom stereocenters. The summed E-state index contributed by atoms with van der Waals surface area (Å²) in [7, 11) is 0. The number of amides is 1. The highest BCUT2D eigenvalue weighted by Crippen LogP contribution is 2.12. The van der Waals surface area contributed by atoms with Gasteiger partial charge in [-0.3, -0.25) is 4.79 Å². The van der Waals surface area contributed by atoms with Gasteiger partial charge >= 0.3 is 0 Å². The van der Waals surface area contributed by atoms with E-state index < -0.39 is 0 Å². The van der Waals surface area contributed by atoms with Gasteiger partial charge < -0.3 is 15.8 Å². The topological polar surface area (TPSA) is 64.3 Å². The van der Waals surface area contributed by atoms with Crippen LogP contribution in [-0.2, 0) is 9.53 Å². The molecule has 2 atom stereocenters. The molecule has 1 fully saturated rings. The highest BCUT2D eigenvalue weighted by molar-refractivity contribution is 7.80. The lowest BCUT2D eigenvalue weighted by Gasteiger charge is -2.23. The summed E-state index contributed by atoms with van der Waals surface area (Å²) in [5.74, 6) is -0.106. The van der Waals surface area contributed by atoms with Crippen LogP contribution in [0.15, 0.2) is 0 Å². The Bertz CT molecular complexity index is 227. The lowest BCUT2D eigenvalue weighted by atomic mass is 10.1. The molecule has 1 saturated heterocycles. The standard InChI is InChI=1S/C9H16N2O2S/c1-6(8(10)14)11-9(12)7-4-2-3-5-13-7/h6-7H,2-5H2,1H3,(H2,10,14)(H,11,12). The number of nitrogens with one attached hydrogen (secondary N) is 1. The zero-order valence-electron chi connectivity index (χ0n) is 8.29. The van der Waals surface area contributed by atoms with Gasteiger partial charge in [0, 0.05) is 6.61 Å². The molecule has 1 aliphatic heterocycles. The fourth-order valence-electron chi connectivity index (χ4n) is 1.32. The summed E-state index contributed by atoms with van der Waals surface area (Å²) in [5.41, 5.74) is 5.39. The molecular weight excluding hydrogens is 200 g/mol. The fourth-order valence-corrected chi connectivity index (χ4v) is 1.38. The van der Waals surface area contributed by atoms with Gasteiger partial charge in [0.05, 0.1) is 11.0 Å². The summed E-state index contributed by atoms with van der Waals surface area (Å²) in [6, 6.07) is -0.261. The highest BCUT2D eigenvalue weighted by atomic mass is 32.1. The number of nitrogens with two attached hydrogens (primary N) is 1. The summed E-state index contributed by atoms with van der Waals surface area (Å²) in [5, 5.41) is 2.72.